The van der Waals surface area contributed by atoms with Crippen molar-refractivity contribution in [2.75, 3.05) is 13.1 Å². The molecule has 0 spiro atoms. The van der Waals surface area contributed by atoms with Crippen molar-refractivity contribution < 1.29 is 18.4 Å². The Kier molecular flexibility index (Phi) is 5.25. The van der Waals surface area contributed by atoms with Gasteiger partial charge in [0, 0.05) is 30.8 Å². The molecule has 0 saturated carbocycles. The summed E-state index contributed by atoms with van der Waals surface area (Å²) in [7, 11) is 0. The lowest BCUT2D eigenvalue weighted by Crippen LogP contribution is -2.46. The van der Waals surface area contributed by atoms with E-state index in [0.29, 0.717) is 37.6 Å². The molecule has 2 amide bonds. The average molecular weight is 394 g/mol. The Bertz CT molecular complexity index is 1070. The zero-order chi connectivity index (χ0) is 20.4. The van der Waals surface area contributed by atoms with Crippen molar-refractivity contribution in [1.29, 1.82) is 0 Å². The normalized spacial score (nSPS) is 14.8. The van der Waals surface area contributed by atoms with E-state index in [4.69, 9.17) is 0 Å². The van der Waals surface area contributed by atoms with Crippen LogP contribution in [0.1, 0.15) is 33.6 Å². The second-order valence-electron chi connectivity index (χ2n) is 7.19. The Balaban J connectivity index is 1.39. The average Bonchev–Trinajstić information content (AvgIpc) is 2.73. The van der Waals surface area contributed by atoms with Crippen LogP contribution in [0.4, 0.5) is 8.78 Å². The summed E-state index contributed by atoms with van der Waals surface area (Å²) in [5.74, 6) is -2.17. The van der Waals surface area contributed by atoms with E-state index in [-0.39, 0.29) is 17.5 Å². The van der Waals surface area contributed by atoms with E-state index >= 15 is 0 Å². The van der Waals surface area contributed by atoms with E-state index in [1.807, 2.05) is 36.4 Å². The third kappa shape index (κ3) is 3.97. The number of benzene rings is 3. The second kappa shape index (κ2) is 7.99. The SMILES string of the molecule is O=C(NC1CCN(C(=O)c2ccc(F)cc2F)CC1)c1cccc2ccccc12. The molecule has 0 bridgehead atoms. The van der Waals surface area contributed by atoms with Gasteiger partial charge >= 0.3 is 0 Å². The molecule has 0 atom stereocenters. The molecule has 148 valence electrons. The van der Waals surface area contributed by atoms with Crippen molar-refractivity contribution in [3.63, 3.8) is 0 Å². The molecule has 1 aliphatic heterocycles. The highest BCUT2D eigenvalue weighted by Crippen LogP contribution is 2.20. The van der Waals surface area contributed by atoms with Gasteiger partial charge in [-0.15, -0.1) is 0 Å². The maximum absolute atomic E-state index is 13.9. The molecule has 1 fully saturated rings. The second-order valence-corrected chi connectivity index (χ2v) is 7.19. The third-order valence-electron chi connectivity index (χ3n) is 5.31. The fourth-order valence-electron chi connectivity index (χ4n) is 3.75. The van der Waals surface area contributed by atoms with Crippen LogP contribution in [-0.2, 0) is 0 Å². The van der Waals surface area contributed by atoms with Gasteiger partial charge in [0.15, 0.2) is 0 Å². The van der Waals surface area contributed by atoms with E-state index in [9.17, 15) is 18.4 Å². The molecule has 6 heteroatoms. The smallest absolute Gasteiger partial charge is 0.256 e. The van der Waals surface area contributed by atoms with E-state index < -0.39 is 17.5 Å². The Morgan fingerprint density at radius 2 is 1.62 bits per heavy atom. The number of nitrogens with zero attached hydrogens (tertiary/aromatic N) is 1. The molecule has 0 aliphatic carbocycles. The highest BCUT2D eigenvalue weighted by Gasteiger charge is 2.26. The van der Waals surface area contributed by atoms with Gasteiger partial charge in [-0.3, -0.25) is 9.59 Å². The zero-order valence-corrected chi connectivity index (χ0v) is 15.7. The lowest BCUT2D eigenvalue weighted by atomic mass is 10.0. The van der Waals surface area contributed by atoms with Crippen LogP contribution in [-0.4, -0.2) is 35.8 Å². The number of halogens is 2. The van der Waals surface area contributed by atoms with Crippen molar-refractivity contribution >= 4 is 22.6 Å². The van der Waals surface area contributed by atoms with Gasteiger partial charge in [0.2, 0.25) is 0 Å². The number of amides is 2. The fourth-order valence-corrected chi connectivity index (χ4v) is 3.75. The molecule has 0 unspecified atom stereocenters. The minimum atomic E-state index is -0.860. The van der Waals surface area contributed by atoms with Gasteiger partial charge in [0.25, 0.3) is 11.8 Å². The topological polar surface area (TPSA) is 49.4 Å². The van der Waals surface area contributed by atoms with Gasteiger partial charge in [-0.2, -0.15) is 0 Å². The summed E-state index contributed by atoms with van der Waals surface area (Å²) in [6.45, 7) is 0.798. The summed E-state index contributed by atoms with van der Waals surface area (Å²) in [6, 6.07) is 16.2. The van der Waals surface area contributed by atoms with E-state index in [0.717, 1.165) is 16.8 Å². The standard InChI is InChI=1S/C23H20F2N2O2/c24-16-8-9-20(21(25)14-16)23(29)27-12-10-17(11-13-27)26-22(28)19-7-3-5-15-4-1-2-6-18(15)19/h1-9,14,17H,10-13H2,(H,26,28). The van der Waals surface area contributed by atoms with Crippen molar-refractivity contribution in [2.24, 2.45) is 0 Å². The molecule has 1 N–H and O–H groups in total. The summed E-state index contributed by atoms with van der Waals surface area (Å²) in [6.07, 6.45) is 1.15. The summed E-state index contributed by atoms with van der Waals surface area (Å²) in [4.78, 5) is 26.8. The molecule has 3 aromatic rings. The molecule has 1 saturated heterocycles. The fraction of sp³-hybridized carbons (Fsp3) is 0.217. The number of carbonyl (C=O) groups excluding carboxylic acids is 2. The van der Waals surface area contributed by atoms with Crippen molar-refractivity contribution in [2.45, 2.75) is 18.9 Å². The first-order valence-corrected chi connectivity index (χ1v) is 9.56. The van der Waals surface area contributed by atoms with Crippen LogP contribution in [0, 0.1) is 11.6 Å². The highest BCUT2D eigenvalue weighted by molar-refractivity contribution is 6.07. The first-order chi connectivity index (χ1) is 14.0. The van der Waals surface area contributed by atoms with Gasteiger partial charge in [0.1, 0.15) is 11.6 Å². The van der Waals surface area contributed by atoms with Crippen LogP contribution in [0.25, 0.3) is 10.8 Å². The van der Waals surface area contributed by atoms with Crippen LogP contribution < -0.4 is 5.32 Å². The predicted molar refractivity (Wildman–Crippen MR) is 107 cm³/mol. The van der Waals surface area contributed by atoms with Crippen LogP contribution in [0.5, 0.6) is 0 Å². The molecule has 0 aromatic heterocycles. The number of hydrogen-bond donors (Lipinski definition) is 1. The van der Waals surface area contributed by atoms with E-state index in [1.54, 1.807) is 6.07 Å². The Morgan fingerprint density at radius 3 is 2.38 bits per heavy atom. The van der Waals surface area contributed by atoms with Crippen molar-refractivity contribution in [3.8, 4) is 0 Å². The number of carbonyl (C=O) groups is 2. The Hall–Kier alpha value is -3.28. The van der Waals surface area contributed by atoms with Crippen LogP contribution in [0.15, 0.2) is 60.7 Å². The number of likely N-dealkylation sites (tertiary alicyclic amines) is 1. The van der Waals surface area contributed by atoms with Crippen LogP contribution in [0.2, 0.25) is 0 Å². The lowest BCUT2D eigenvalue weighted by molar-refractivity contribution is 0.0693. The summed E-state index contributed by atoms with van der Waals surface area (Å²) in [5, 5.41) is 4.94. The monoisotopic (exact) mass is 394 g/mol. The third-order valence-corrected chi connectivity index (χ3v) is 5.31. The molecule has 3 aromatic carbocycles. The number of rotatable bonds is 3. The van der Waals surface area contributed by atoms with Gasteiger partial charge in [-0.25, -0.2) is 8.78 Å². The van der Waals surface area contributed by atoms with E-state index in [2.05, 4.69) is 5.32 Å². The Labute approximate surface area is 167 Å². The molecular weight excluding hydrogens is 374 g/mol. The Morgan fingerprint density at radius 1 is 0.897 bits per heavy atom. The maximum Gasteiger partial charge on any atom is 0.256 e. The first kappa shape index (κ1) is 19.1. The molecule has 29 heavy (non-hydrogen) atoms. The minimum absolute atomic E-state index is 0.0661. The van der Waals surface area contributed by atoms with Crippen molar-refractivity contribution in [1.82, 2.24) is 10.2 Å². The predicted octanol–water partition coefficient (Wildman–Crippen LogP) is 4.15. The van der Waals surface area contributed by atoms with Crippen molar-refractivity contribution in [3.05, 3.63) is 83.4 Å². The quantitative estimate of drug-likeness (QED) is 0.726. The molecule has 1 heterocycles. The maximum atomic E-state index is 13.9. The first-order valence-electron chi connectivity index (χ1n) is 9.56. The van der Waals surface area contributed by atoms with Gasteiger partial charge in [-0.1, -0.05) is 36.4 Å². The molecule has 1 aliphatic rings. The molecule has 4 rings (SSSR count). The number of hydrogen-bond acceptors (Lipinski definition) is 2. The highest BCUT2D eigenvalue weighted by atomic mass is 19.1. The molecular formula is C23H20F2N2O2. The summed E-state index contributed by atoms with van der Waals surface area (Å²) >= 11 is 0. The number of fused-ring (bicyclic) bond motifs is 1. The van der Waals surface area contributed by atoms with Gasteiger partial charge in [0.05, 0.1) is 5.56 Å². The number of piperidine rings is 1. The van der Waals surface area contributed by atoms with Gasteiger partial charge in [-0.05, 0) is 41.8 Å². The van der Waals surface area contributed by atoms with E-state index in [1.165, 1.54) is 11.0 Å². The largest absolute Gasteiger partial charge is 0.349 e. The van der Waals surface area contributed by atoms with Crippen LogP contribution in [0.3, 0.4) is 0 Å². The molecule has 4 nitrogen and oxygen atoms in total. The minimum Gasteiger partial charge on any atom is -0.349 e. The zero-order valence-electron chi connectivity index (χ0n) is 15.7. The lowest BCUT2D eigenvalue weighted by Gasteiger charge is -2.32. The van der Waals surface area contributed by atoms with Crippen LogP contribution >= 0.6 is 0 Å². The molecule has 0 radical (unpaired) electrons. The summed E-state index contributed by atoms with van der Waals surface area (Å²) in [5.41, 5.74) is 0.486. The van der Waals surface area contributed by atoms with Gasteiger partial charge < -0.3 is 10.2 Å². The summed E-state index contributed by atoms with van der Waals surface area (Å²) < 4.78 is 26.9. The number of nitrogens with one attached hydrogen (secondary N) is 1.